The number of nitrogens with zero attached hydrogens (tertiary/aromatic N) is 1. The first-order valence-corrected chi connectivity index (χ1v) is 7.37. The van der Waals surface area contributed by atoms with Crippen molar-refractivity contribution in [2.45, 2.75) is 45.2 Å². The van der Waals surface area contributed by atoms with Gasteiger partial charge < -0.3 is 10.2 Å². The summed E-state index contributed by atoms with van der Waals surface area (Å²) in [6.45, 7) is 4.07. The molecule has 3 nitrogen and oxygen atoms in total. The maximum atomic E-state index is 11.7. The van der Waals surface area contributed by atoms with Crippen molar-refractivity contribution in [3.63, 3.8) is 0 Å². The SMILES string of the molecule is CC(NCc1ccc(N2CCCC2=O)cc1)C1CC1. The average molecular weight is 258 g/mol. The molecule has 1 aliphatic heterocycles. The van der Waals surface area contributed by atoms with Gasteiger partial charge in [-0.2, -0.15) is 0 Å². The molecule has 1 unspecified atom stereocenters. The van der Waals surface area contributed by atoms with Crippen LogP contribution in [0.1, 0.15) is 38.2 Å². The molecular weight excluding hydrogens is 236 g/mol. The number of carbonyl (C=O) groups excluding carboxylic acids is 1. The van der Waals surface area contributed by atoms with Gasteiger partial charge in [-0.3, -0.25) is 4.79 Å². The van der Waals surface area contributed by atoms with E-state index in [0.29, 0.717) is 12.5 Å². The van der Waals surface area contributed by atoms with E-state index in [1.165, 1.54) is 18.4 Å². The van der Waals surface area contributed by atoms with Gasteiger partial charge in [0.15, 0.2) is 0 Å². The third-order valence-corrected chi connectivity index (χ3v) is 4.28. The number of hydrogen-bond donors (Lipinski definition) is 1. The maximum absolute atomic E-state index is 11.7. The molecule has 3 rings (SSSR count). The van der Waals surface area contributed by atoms with Crippen molar-refractivity contribution >= 4 is 11.6 Å². The summed E-state index contributed by atoms with van der Waals surface area (Å²) in [5.41, 5.74) is 2.34. The molecule has 1 atom stereocenters. The molecule has 1 aliphatic carbocycles. The van der Waals surface area contributed by atoms with Gasteiger partial charge in [0.05, 0.1) is 0 Å². The van der Waals surface area contributed by atoms with Crippen LogP contribution in [0.3, 0.4) is 0 Å². The lowest BCUT2D eigenvalue weighted by Gasteiger charge is -2.17. The van der Waals surface area contributed by atoms with Gasteiger partial charge in [-0.1, -0.05) is 12.1 Å². The van der Waals surface area contributed by atoms with Crippen LogP contribution in [0.4, 0.5) is 5.69 Å². The van der Waals surface area contributed by atoms with E-state index < -0.39 is 0 Å². The van der Waals surface area contributed by atoms with Crippen molar-refractivity contribution < 1.29 is 4.79 Å². The van der Waals surface area contributed by atoms with Crippen LogP contribution < -0.4 is 10.2 Å². The van der Waals surface area contributed by atoms with E-state index >= 15 is 0 Å². The molecule has 102 valence electrons. The van der Waals surface area contributed by atoms with Crippen LogP contribution in [-0.4, -0.2) is 18.5 Å². The Hall–Kier alpha value is -1.35. The fraction of sp³-hybridized carbons (Fsp3) is 0.562. The zero-order valence-corrected chi connectivity index (χ0v) is 11.6. The van der Waals surface area contributed by atoms with Crippen molar-refractivity contribution in [1.29, 1.82) is 0 Å². The van der Waals surface area contributed by atoms with Gasteiger partial charge in [0.25, 0.3) is 0 Å². The van der Waals surface area contributed by atoms with Crippen molar-refractivity contribution in [3.05, 3.63) is 29.8 Å². The number of benzene rings is 1. The molecule has 1 amide bonds. The van der Waals surface area contributed by atoms with Crippen LogP contribution in [0, 0.1) is 5.92 Å². The van der Waals surface area contributed by atoms with Crippen molar-refractivity contribution in [2.75, 3.05) is 11.4 Å². The third kappa shape index (κ3) is 2.98. The second kappa shape index (κ2) is 5.33. The van der Waals surface area contributed by atoms with Gasteiger partial charge in [0, 0.05) is 31.2 Å². The van der Waals surface area contributed by atoms with Gasteiger partial charge >= 0.3 is 0 Å². The molecule has 0 aromatic heterocycles. The molecule has 1 N–H and O–H groups in total. The normalized spacial score (nSPS) is 20.9. The Balaban J connectivity index is 1.57. The summed E-state index contributed by atoms with van der Waals surface area (Å²) >= 11 is 0. The topological polar surface area (TPSA) is 32.3 Å². The minimum Gasteiger partial charge on any atom is -0.312 e. The Morgan fingerprint density at radius 1 is 1.32 bits per heavy atom. The highest BCUT2D eigenvalue weighted by atomic mass is 16.2. The Kier molecular flexibility index (Phi) is 3.56. The van der Waals surface area contributed by atoms with Gasteiger partial charge in [-0.25, -0.2) is 0 Å². The lowest BCUT2D eigenvalue weighted by molar-refractivity contribution is -0.117. The van der Waals surface area contributed by atoms with Crippen LogP contribution in [0.25, 0.3) is 0 Å². The molecular formula is C16H22N2O. The number of nitrogens with one attached hydrogen (secondary N) is 1. The lowest BCUT2D eigenvalue weighted by Crippen LogP contribution is -2.27. The Labute approximate surface area is 115 Å². The van der Waals surface area contributed by atoms with Crippen LogP contribution in [-0.2, 0) is 11.3 Å². The fourth-order valence-corrected chi connectivity index (χ4v) is 2.76. The number of carbonyl (C=O) groups is 1. The Morgan fingerprint density at radius 2 is 2.05 bits per heavy atom. The minimum absolute atomic E-state index is 0.258. The number of rotatable bonds is 5. The molecule has 0 spiro atoms. The Morgan fingerprint density at radius 3 is 2.63 bits per heavy atom. The van der Waals surface area contributed by atoms with Gasteiger partial charge in [-0.05, 0) is 49.8 Å². The van der Waals surface area contributed by atoms with Crippen LogP contribution >= 0.6 is 0 Å². The van der Waals surface area contributed by atoms with Crippen LogP contribution in [0.5, 0.6) is 0 Å². The van der Waals surface area contributed by atoms with Crippen molar-refractivity contribution in [3.8, 4) is 0 Å². The Bertz CT molecular complexity index is 450. The summed E-state index contributed by atoms with van der Waals surface area (Å²) in [6, 6.07) is 9.03. The highest BCUT2D eigenvalue weighted by Crippen LogP contribution is 2.32. The second-order valence-electron chi connectivity index (χ2n) is 5.82. The number of anilines is 1. The second-order valence-corrected chi connectivity index (χ2v) is 5.82. The number of amides is 1. The molecule has 19 heavy (non-hydrogen) atoms. The number of hydrogen-bond acceptors (Lipinski definition) is 2. The standard InChI is InChI=1S/C16H22N2O/c1-12(14-6-7-14)17-11-13-4-8-15(9-5-13)18-10-2-3-16(18)19/h4-5,8-9,12,14,17H,2-3,6-7,10-11H2,1H3. The zero-order valence-electron chi connectivity index (χ0n) is 11.6. The molecule has 2 aliphatic rings. The lowest BCUT2D eigenvalue weighted by atomic mass is 10.1. The fourth-order valence-electron chi connectivity index (χ4n) is 2.76. The molecule has 1 heterocycles. The molecule has 1 saturated heterocycles. The largest absolute Gasteiger partial charge is 0.312 e. The first-order chi connectivity index (χ1) is 9.24. The average Bonchev–Trinajstić information content (AvgIpc) is 3.19. The summed E-state index contributed by atoms with van der Waals surface area (Å²) in [7, 11) is 0. The molecule has 1 aromatic carbocycles. The van der Waals surface area contributed by atoms with Gasteiger partial charge in [0.1, 0.15) is 0 Å². The monoisotopic (exact) mass is 258 g/mol. The van der Waals surface area contributed by atoms with E-state index in [2.05, 4.69) is 36.5 Å². The zero-order chi connectivity index (χ0) is 13.2. The summed E-state index contributed by atoms with van der Waals surface area (Å²) in [4.78, 5) is 13.6. The van der Waals surface area contributed by atoms with Crippen LogP contribution in [0.15, 0.2) is 24.3 Å². The van der Waals surface area contributed by atoms with Crippen molar-refractivity contribution in [1.82, 2.24) is 5.32 Å². The quantitative estimate of drug-likeness (QED) is 0.880. The predicted molar refractivity (Wildman–Crippen MR) is 77.1 cm³/mol. The summed E-state index contributed by atoms with van der Waals surface area (Å²) in [5, 5.41) is 3.58. The molecule has 0 bridgehead atoms. The van der Waals surface area contributed by atoms with Crippen molar-refractivity contribution in [2.24, 2.45) is 5.92 Å². The minimum atomic E-state index is 0.258. The van der Waals surface area contributed by atoms with Crippen LogP contribution in [0.2, 0.25) is 0 Å². The highest BCUT2D eigenvalue weighted by Gasteiger charge is 2.27. The van der Waals surface area contributed by atoms with E-state index in [0.717, 1.165) is 31.1 Å². The summed E-state index contributed by atoms with van der Waals surface area (Å²) in [5.74, 6) is 1.15. The first kappa shape index (κ1) is 12.7. The van der Waals surface area contributed by atoms with E-state index in [1.807, 2.05) is 4.90 Å². The first-order valence-electron chi connectivity index (χ1n) is 7.37. The molecule has 1 saturated carbocycles. The van der Waals surface area contributed by atoms with E-state index in [4.69, 9.17) is 0 Å². The summed E-state index contributed by atoms with van der Waals surface area (Å²) in [6.07, 6.45) is 4.44. The van der Waals surface area contributed by atoms with E-state index in [9.17, 15) is 4.79 Å². The van der Waals surface area contributed by atoms with Gasteiger partial charge in [0.2, 0.25) is 5.91 Å². The highest BCUT2D eigenvalue weighted by molar-refractivity contribution is 5.95. The summed E-state index contributed by atoms with van der Waals surface area (Å²) < 4.78 is 0. The smallest absolute Gasteiger partial charge is 0.227 e. The predicted octanol–water partition coefficient (Wildman–Crippen LogP) is 2.70. The maximum Gasteiger partial charge on any atom is 0.227 e. The molecule has 0 radical (unpaired) electrons. The van der Waals surface area contributed by atoms with E-state index in [-0.39, 0.29) is 5.91 Å². The van der Waals surface area contributed by atoms with Gasteiger partial charge in [-0.15, -0.1) is 0 Å². The molecule has 1 aromatic rings. The van der Waals surface area contributed by atoms with E-state index in [1.54, 1.807) is 0 Å². The molecule has 3 heteroatoms. The molecule has 2 fully saturated rings. The third-order valence-electron chi connectivity index (χ3n) is 4.28.